The molecule has 0 fully saturated rings. The van der Waals surface area contributed by atoms with Crippen molar-refractivity contribution in [3.8, 4) is 0 Å². The second-order valence-electron chi connectivity index (χ2n) is 5.62. The molecule has 0 saturated carbocycles. The highest BCUT2D eigenvalue weighted by Crippen LogP contribution is 2.21. The van der Waals surface area contributed by atoms with Crippen LogP contribution < -0.4 is 5.32 Å². The fourth-order valence-electron chi connectivity index (χ4n) is 1.70. The molecule has 2 rings (SSSR count). The van der Waals surface area contributed by atoms with Crippen LogP contribution in [0.1, 0.15) is 42.9 Å². The molecule has 1 heterocycles. The molecule has 0 unspecified atom stereocenters. The number of nitrogens with zero attached hydrogens (tertiary/aromatic N) is 2. The first kappa shape index (κ1) is 15.0. The molecule has 21 heavy (non-hydrogen) atoms. The predicted octanol–water partition coefficient (Wildman–Crippen LogP) is 2.77. The second kappa shape index (κ2) is 5.95. The van der Waals surface area contributed by atoms with Crippen LogP contribution in [0.2, 0.25) is 0 Å². The molecule has 0 aliphatic heterocycles. The van der Waals surface area contributed by atoms with Gasteiger partial charge >= 0.3 is 5.97 Å². The number of carbonyl (C=O) groups is 1. The van der Waals surface area contributed by atoms with E-state index in [0.29, 0.717) is 17.1 Å². The quantitative estimate of drug-likeness (QED) is 0.872. The smallest absolute Gasteiger partial charge is 0.340 e. The van der Waals surface area contributed by atoms with Crippen molar-refractivity contribution in [1.29, 1.82) is 0 Å². The molecule has 1 aromatic heterocycles. The molecule has 0 amide bonds. The van der Waals surface area contributed by atoms with E-state index in [1.54, 1.807) is 25.2 Å². The van der Waals surface area contributed by atoms with Crippen LogP contribution in [0.25, 0.3) is 0 Å². The van der Waals surface area contributed by atoms with Gasteiger partial charge in [0, 0.05) is 18.2 Å². The van der Waals surface area contributed by atoms with Crippen LogP contribution in [-0.2, 0) is 16.8 Å². The third-order valence-electron chi connectivity index (χ3n) is 2.85. The zero-order chi connectivity index (χ0) is 15.5. The first-order chi connectivity index (χ1) is 9.91. The Morgan fingerprint density at radius 1 is 1.29 bits per heavy atom. The lowest BCUT2D eigenvalue weighted by molar-refractivity contribution is 0.0436. The first-order valence-electron chi connectivity index (χ1n) is 6.68. The van der Waals surface area contributed by atoms with Gasteiger partial charge in [-0.1, -0.05) is 32.9 Å². The Morgan fingerprint density at radius 3 is 2.62 bits per heavy atom. The van der Waals surface area contributed by atoms with E-state index in [0.717, 1.165) is 0 Å². The molecule has 0 saturated heterocycles. The number of hydrogen-bond acceptors (Lipinski definition) is 6. The van der Waals surface area contributed by atoms with Crippen molar-refractivity contribution in [3.63, 3.8) is 0 Å². The molecular formula is C15H19N3O3. The summed E-state index contributed by atoms with van der Waals surface area (Å²) in [5.74, 6) is 0.370. The van der Waals surface area contributed by atoms with E-state index in [1.165, 1.54) is 0 Å². The van der Waals surface area contributed by atoms with E-state index in [9.17, 15) is 4.79 Å². The molecule has 6 heteroatoms. The Morgan fingerprint density at radius 2 is 2.00 bits per heavy atom. The van der Waals surface area contributed by atoms with Crippen LogP contribution >= 0.6 is 0 Å². The summed E-state index contributed by atoms with van der Waals surface area (Å²) >= 11 is 0. The summed E-state index contributed by atoms with van der Waals surface area (Å²) in [6, 6.07) is 7.13. The van der Waals surface area contributed by atoms with Crippen molar-refractivity contribution in [1.82, 2.24) is 10.2 Å². The Labute approximate surface area is 123 Å². The molecule has 0 atom stereocenters. The van der Waals surface area contributed by atoms with Crippen molar-refractivity contribution < 1.29 is 13.9 Å². The molecule has 1 N–H and O–H groups in total. The largest absolute Gasteiger partial charge is 0.452 e. The van der Waals surface area contributed by atoms with Crippen molar-refractivity contribution in [2.24, 2.45) is 0 Å². The van der Waals surface area contributed by atoms with Gasteiger partial charge in [-0.3, -0.25) is 0 Å². The van der Waals surface area contributed by atoms with Gasteiger partial charge in [-0.2, -0.15) is 0 Å². The van der Waals surface area contributed by atoms with Gasteiger partial charge in [-0.05, 0) is 12.1 Å². The van der Waals surface area contributed by atoms with Crippen LogP contribution in [0, 0.1) is 0 Å². The van der Waals surface area contributed by atoms with Gasteiger partial charge in [-0.25, -0.2) is 4.79 Å². The third-order valence-corrected chi connectivity index (χ3v) is 2.85. The lowest BCUT2D eigenvalue weighted by atomic mass is 9.97. The van der Waals surface area contributed by atoms with Crippen molar-refractivity contribution in [3.05, 3.63) is 41.6 Å². The van der Waals surface area contributed by atoms with Crippen molar-refractivity contribution in [2.75, 3.05) is 12.4 Å². The average molecular weight is 289 g/mol. The van der Waals surface area contributed by atoms with Crippen LogP contribution in [0.5, 0.6) is 0 Å². The highest BCUT2D eigenvalue weighted by molar-refractivity contribution is 5.95. The molecule has 0 bridgehead atoms. The molecule has 0 radical (unpaired) electrons. The lowest BCUT2D eigenvalue weighted by Crippen LogP contribution is -2.11. The summed E-state index contributed by atoms with van der Waals surface area (Å²) in [7, 11) is 1.75. The first-order valence-corrected chi connectivity index (χ1v) is 6.68. The molecule has 2 aromatic rings. The summed E-state index contributed by atoms with van der Waals surface area (Å²) in [5.41, 5.74) is 0.951. The molecular weight excluding hydrogens is 270 g/mol. The normalized spacial score (nSPS) is 11.2. The third kappa shape index (κ3) is 3.59. The maximum atomic E-state index is 12.0. The van der Waals surface area contributed by atoms with E-state index in [-0.39, 0.29) is 17.9 Å². The number of hydrogen-bond donors (Lipinski definition) is 1. The van der Waals surface area contributed by atoms with E-state index >= 15 is 0 Å². The number of para-hydroxylation sites is 1. The summed E-state index contributed by atoms with van der Waals surface area (Å²) in [5, 5.41) is 10.8. The Hall–Kier alpha value is -2.37. The molecule has 112 valence electrons. The number of rotatable bonds is 4. The summed E-state index contributed by atoms with van der Waals surface area (Å²) in [4.78, 5) is 12.0. The highest BCUT2D eigenvalue weighted by Gasteiger charge is 2.22. The van der Waals surface area contributed by atoms with Gasteiger partial charge in [0.05, 0.1) is 5.56 Å². The standard InChI is InChI=1S/C15H19N3O3/c1-15(2,3)14-18-17-12(21-14)9-20-13(19)10-7-5-6-8-11(10)16-4/h5-8,16H,9H2,1-4H3. The number of esters is 1. The SMILES string of the molecule is CNc1ccccc1C(=O)OCc1nnc(C(C)(C)C)o1. The van der Waals surface area contributed by atoms with Gasteiger partial charge in [0.25, 0.3) is 5.89 Å². The fraction of sp³-hybridized carbons (Fsp3) is 0.400. The highest BCUT2D eigenvalue weighted by atomic mass is 16.5. The van der Waals surface area contributed by atoms with Gasteiger partial charge in [-0.15, -0.1) is 10.2 Å². The monoisotopic (exact) mass is 289 g/mol. The average Bonchev–Trinajstić information content (AvgIpc) is 2.93. The van der Waals surface area contributed by atoms with E-state index in [2.05, 4.69) is 15.5 Å². The van der Waals surface area contributed by atoms with Gasteiger partial charge in [0.15, 0.2) is 6.61 Å². The summed E-state index contributed by atoms with van der Waals surface area (Å²) in [6.45, 7) is 5.87. The van der Waals surface area contributed by atoms with Gasteiger partial charge in [0.2, 0.25) is 5.89 Å². The number of carbonyl (C=O) groups excluding carboxylic acids is 1. The number of aromatic nitrogens is 2. The maximum absolute atomic E-state index is 12.0. The molecule has 0 aliphatic carbocycles. The maximum Gasteiger partial charge on any atom is 0.340 e. The molecule has 0 aliphatic rings. The zero-order valence-corrected chi connectivity index (χ0v) is 12.6. The predicted molar refractivity (Wildman–Crippen MR) is 78.1 cm³/mol. The van der Waals surface area contributed by atoms with Crippen LogP contribution in [-0.4, -0.2) is 23.2 Å². The topological polar surface area (TPSA) is 77.2 Å². The number of nitrogens with one attached hydrogen (secondary N) is 1. The zero-order valence-electron chi connectivity index (χ0n) is 12.6. The van der Waals surface area contributed by atoms with E-state index in [4.69, 9.17) is 9.15 Å². The number of ether oxygens (including phenoxy) is 1. The van der Waals surface area contributed by atoms with Crippen LogP contribution in [0.3, 0.4) is 0 Å². The number of benzene rings is 1. The minimum absolute atomic E-state index is 0.0417. The molecule has 1 aromatic carbocycles. The van der Waals surface area contributed by atoms with Gasteiger partial charge < -0.3 is 14.5 Å². The summed E-state index contributed by atoms with van der Waals surface area (Å²) < 4.78 is 10.7. The van der Waals surface area contributed by atoms with Crippen molar-refractivity contribution >= 4 is 11.7 Å². The van der Waals surface area contributed by atoms with Crippen molar-refractivity contribution in [2.45, 2.75) is 32.8 Å². The minimum Gasteiger partial charge on any atom is -0.452 e. The summed E-state index contributed by atoms with van der Waals surface area (Å²) in [6.07, 6.45) is 0. The lowest BCUT2D eigenvalue weighted by Gasteiger charge is -2.11. The van der Waals surface area contributed by atoms with Gasteiger partial charge in [0.1, 0.15) is 0 Å². The second-order valence-corrected chi connectivity index (χ2v) is 5.62. The number of anilines is 1. The Bertz CT molecular complexity index is 629. The molecule has 0 spiro atoms. The van der Waals surface area contributed by atoms with Crippen LogP contribution in [0.4, 0.5) is 5.69 Å². The molecule has 6 nitrogen and oxygen atoms in total. The van der Waals surface area contributed by atoms with E-state index in [1.807, 2.05) is 26.8 Å². The Balaban J connectivity index is 2.03. The fourth-order valence-corrected chi connectivity index (χ4v) is 1.70. The minimum atomic E-state index is -0.435. The van der Waals surface area contributed by atoms with E-state index < -0.39 is 5.97 Å². The Kier molecular flexibility index (Phi) is 4.26. The van der Waals surface area contributed by atoms with Crippen LogP contribution in [0.15, 0.2) is 28.7 Å².